The first-order valence-corrected chi connectivity index (χ1v) is 6.88. The van der Waals surface area contributed by atoms with E-state index >= 15 is 0 Å². The number of nitrogens with one attached hydrogen (secondary N) is 1. The van der Waals surface area contributed by atoms with Crippen molar-refractivity contribution in [2.24, 2.45) is 0 Å². The van der Waals surface area contributed by atoms with Crippen LogP contribution in [0.5, 0.6) is 0 Å². The summed E-state index contributed by atoms with van der Waals surface area (Å²) >= 11 is 5.04. The molecule has 86 valence electrons. The lowest BCUT2D eigenvalue weighted by atomic mass is 10.2. The molecule has 0 saturated carbocycles. The highest BCUT2D eigenvalue weighted by molar-refractivity contribution is 9.10. The molecule has 1 heterocycles. The maximum absolute atomic E-state index is 9.17. The van der Waals surface area contributed by atoms with Crippen molar-refractivity contribution in [3.8, 4) is 6.07 Å². The fourth-order valence-electron chi connectivity index (χ4n) is 1.52. The number of nitriles is 1. The van der Waals surface area contributed by atoms with Gasteiger partial charge in [0.25, 0.3) is 0 Å². The first kappa shape index (κ1) is 12.3. The van der Waals surface area contributed by atoms with Crippen LogP contribution in [0.15, 0.2) is 46.3 Å². The quantitative estimate of drug-likeness (QED) is 0.931. The zero-order valence-corrected chi connectivity index (χ0v) is 11.5. The largest absolute Gasteiger partial charge is 0.293 e. The molecule has 0 bridgehead atoms. The predicted octanol–water partition coefficient (Wildman–Crippen LogP) is 3.87. The first-order valence-electron chi connectivity index (χ1n) is 5.21. The van der Waals surface area contributed by atoms with Crippen molar-refractivity contribution >= 4 is 27.3 Å². The zero-order chi connectivity index (χ0) is 12.1. The van der Waals surface area contributed by atoms with E-state index in [9.17, 15) is 5.26 Å². The SMILES string of the molecule is N#CC(NCc1ccccc1)c1sccc1Br. The van der Waals surface area contributed by atoms with Crippen LogP contribution in [0.3, 0.4) is 0 Å². The van der Waals surface area contributed by atoms with E-state index in [0.29, 0.717) is 6.54 Å². The standard InChI is InChI=1S/C13H11BrN2S/c14-11-6-7-17-13(11)12(8-15)16-9-10-4-2-1-3-5-10/h1-7,12,16H,9H2. The molecule has 1 aromatic carbocycles. The van der Waals surface area contributed by atoms with Gasteiger partial charge in [0.1, 0.15) is 6.04 Å². The highest BCUT2D eigenvalue weighted by Gasteiger charge is 2.14. The van der Waals surface area contributed by atoms with Gasteiger partial charge in [0.15, 0.2) is 0 Å². The smallest absolute Gasteiger partial charge is 0.131 e. The lowest BCUT2D eigenvalue weighted by molar-refractivity contribution is 0.637. The Morgan fingerprint density at radius 3 is 2.65 bits per heavy atom. The third kappa shape index (κ3) is 3.16. The first-order chi connectivity index (χ1) is 8.31. The molecule has 0 amide bonds. The highest BCUT2D eigenvalue weighted by atomic mass is 79.9. The van der Waals surface area contributed by atoms with Gasteiger partial charge in [-0.3, -0.25) is 5.32 Å². The van der Waals surface area contributed by atoms with Crippen molar-refractivity contribution in [1.82, 2.24) is 5.32 Å². The van der Waals surface area contributed by atoms with Gasteiger partial charge in [-0.1, -0.05) is 30.3 Å². The third-order valence-electron chi connectivity index (χ3n) is 2.39. The molecule has 17 heavy (non-hydrogen) atoms. The van der Waals surface area contributed by atoms with Gasteiger partial charge in [-0.15, -0.1) is 11.3 Å². The molecular weight excluding hydrogens is 296 g/mol. The minimum absolute atomic E-state index is 0.260. The number of nitrogens with zero attached hydrogens (tertiary/aromatic N) is 1. The van der Waals surface area contributed by atoms with Gasteiger partial charge in [0.2, 0.25) is 0 Å². The van der Waals surface area contributed by atoms with E-state index in [1.165, 1.54) is 5.56 Å². The van der Waals surface area contributed by atoms with E-state index in [2.05, 4.69) is 27.3 Å². The van der Waals surface area contributed by atoms with Crippen LogP contribution < -0.4 is 5.32 Å². The second-order valence-corrected chi connectivity index (χ2v) is 5.36. The van der Waals surface area contributed by atoms with Crippen LogP contribution in [0.4, 0.5) is 0 Å². The number of thiophene rings is 1. The summed E-state index contributed by atoms with van der Waals surface area (Å²) in [6.45, 7) is 0.698. The van der Waals surface area contributed by atoms with Crippen molar-refractivity contribution in [3.63, 3.8) is 0 Å². The Balaban J connectivity index is 2.03. The number of hydrogen-bond acceptors (Lipinski definition) is 3. The van der Waals surface area contributed by atoms with Crippen molar-refractivity contribution in [2.45, 2.75) is 12.6 Å². The fraction of sp³-hybridized carbons (Fsp3) is 0.154. The van der Waals surface area contributed by atoms with Gasteiger partial charge in [0, 0.05) is 11.0 Å². The average Bonchev–Trinajstić information content (AvgIpc) is 2.78. The average molecular weight is 307 g/mol. The van der Waals surface area contributed by atoms with Gasteiger partial charge in [-0.2, -0.15) is 5.26 Å². The highest BCUT2D eigenvalue weighted by Crippen LogP contribution is 2.28. The minimum Gasteiger partial charge on any atom is -0.293 e. The predicted molar refractivity (Wildman–Crippen MR) is 73.7 cm³/mol. The van der Waals surface area contributed by atoms with Crippen LogP contribution in [-0.2, 0) is 6.54 Å². The Bertz CT molecular complexity index is 516. The van der Waals surface area contributed by atoms with E-state index in [-0.39, 0.29) is 6.04 Å². The molecule has 0 spiro atoms. The number of benzene rings is 1. The zero-order valence-electron chi connectivity index (χ0n) is 9.06. The van der Waals surface area contributed by atoms with E-state index < -0.39 is 0 Å². The Labute approximate surface area is 113 Å². The minimum atomic E-state index is -0.260. The molecule has 1 unspecified atom stereocenters. The monoisotopic (exact) mass is 306 g/mol. The molecule has 0 aliphatic rings. The summed E-state index contributed by atoms with van der Waals surface area (Å²) < 4.78 is 0.995. The Kier molecular flexibility index (Phi) is 4.32. The lowest BCUT2D eigenvalue weighted by Gasteiger charge is -2.10. The molecule has 1 N–H and O–H groups in total. The third-order valence-corrected chi connectivity index (χ3v) is 4.32. The number of rotatable bonds is 4. The van der Waals surface area contributed by atoms with Crippen LogP contribution in [-0.4, -0.2) is 0 Å². The van der Waals surface area contributed by atoms with Gasteiger partial charge >= 0.3 is 0 Å². The second-order valence-electron chi connectivity index (χ2n) is 3.56. The van der Waals surface area contributed by atoms with Gasteiger partial charge < -0.3 is 0 Å². The van der Waals surface area contributed by atoms with Crippen LogP contribution in [0.25, 0.3) is 0 Å². The van der Waals surface area contributed by atoms with Gasteiger partial charge in [-0.05, 0) is 32.9 Å². The van der Waals surface area contributed by atoms with E-state index in [0.717, 1.165) is 9.35 Å². The van der Waals surface area contributed by atoms with Crippen molar-refractivity contribution in [1.29, 1.82) is 5.26 Å². The molecule has 2 aromatic rings. The number of hydrogen-bond donors (Lipinski definition) is 1. The molecule has 0 aliphatic carbocycles. The van der Waals surface area contributed by atoms with E-state index in [4.69, 9.17) is 0 Å². The summed E-state index contributed by atoms with van der Waals surface area (Å²) in [5.74, 6) is 0. The topological polar surface area (TPSA) is 35.8 Å². The summed E-state index contributed by atoms with van der Waals surface area (Å²) in [7, 11) is 0. The molecule has 1 atom stereocenters. The summed E-state index contributed by atoms with van der Waals surface area (Å²) in [6.07, 6.45) is 0. The van der Waals surface area contributed by atoms with E-state index in [1.54, 1.807) is 11.3 Å². The Hall–Kier alpha value is -1.15. The lowest BCUT2D eigenvalue weighted by Crippen LogP contribution is -2.18. The number of halogens is 1. The maximum atomic E-state index is 9.17. The van der Waals surface area contributed by atoms with Crippen LogP contribution in [0.2, 0.25) is 0 Å². The van der Waals surface area contributed by atoms with Gasteiger partial charge in [-0.25, -0.2) is 0 Å². The molecule has 2 rings (SSSR count). The summed E-state index contributed by atoms with van der Waals surface area (Å²) in [5.41, 5.74) is 1.18. The molecule has 0 fully saturated rings. The normalized spacial score (nSPS) is 12.0. The Morgan fingerprint density at radius 2 is 2.06 bits per heavy atom. The van der Waals surface area contributed by atoms with Crippen LogP contribution in [0.1, 0.15) is 16.5 Å². The Morgan fingerprint density at radius 1 is 1.29 bits per heavy atom. The van der Waals surface area contributed by atoms with Crippen molar-refractivity contribution in [3.05, 3.63) is 56.7 Å². The summed E-state index contributed by atoms with van der Waals surface area (Å²) in [5, 5.41) is 14.4. The molecule has 0 aliphatic heterocycles. The summed E-state index contributed by atoms with van der Waals surface area (Å²) in [4.78, 5) is 1.03. The van der Waals surface area contributed by atoms with Crippen molar-refractivity contribution < 1.29 is 0 Å². The van der Waals surface area contributed by atoms with E-state index in [1.807, 2.05) is 41.8 Å². The van der Waals surface area contributed by atoms with Gasteiger partial charge in [0.05, 0.1) is 10.9 Å². The molecule has 0 saturated heterocycles. The maximum Gasteiger partial charge on any atom is 0.131 e. The van der Waals surface area contributed by atoms with Crippen molar-refractivity contribution in [2.75, 3.05) is 0 Å². The molecule has 0 radical (unpaired) electrons. The summed E-state index contributed by atoms with van der Waals surface area (Å²) in [6, 6.07) is 14.1. The molecule has 4 heteroatoms. The van der Waals surface area contributed by atoms with Crippen LogP contribution >= 0.6 is 27.3 Å². The molecular formula is C13H11BrN2S. The molecule has 1 aromatic heterocycles. The second kappa shape index (κ2) is 5.97. The van der Waals surface area contributed by atoms with Crippen LogP contribution in [0, 0.1) is 11.3 Å². The fourth-order valence-corrected chi connectivity index (χ4v) is 3.14. The molecule has 2 nitrogen and oxygen atoms in total.